The minimum Gasteiger partial charge on any atom is -0.371 e. The van der Waals surface area contributed by atoms with Crippen LogP contribution in [0, 0.1) is 30.6 Å². The maximum absolute atomic E-state index is 2.71. The standard InChI is InChI=1S/C30H40N2/c1-22-15-28(13-14-30(22)32(20-25-9-10-25)21-26-11-12-26)16-27-3-2-4-29(17-27)31(18-23-5-6-23)19-24-7-8-24/h2-4,13-15,17,23-26H,5-12,16,18-21H2,1H3. The number of hydrogen-bond acceptors (Lipinski definition) is 2. The lowest BCUT2D eigenvalue weighted by Crippen LogP contribution is -2.28. The fourth-order valence-corrected chi connectivity index (χ4v) is 5.29. The molecule has 4 saturated carbocycles. The Balaban J connectivity index is 1.16. The second kappa shape index (κ2) is 8.76. The van der Waals surface area contributed by atoms with Gasteiger partial charge in [-0.05, 0) is 123 Å². The van der Waals surface area contributed by atoms with Crippen LogP contribution < -0.4 is 9.80 Å². The average molecular weight is 429 g/mol. The van der Waals surface area contributed by atoms with Gasteiger partial charge in [0.15, 0.2) is 0 Å². The number of hydrogen-bond donors (Lipinski definition) is 0. The normalized spacial score (nSPS) is 20.4. The number of nitrogens with zero attached hydrogens (tertiary/aromatic N) is 2. The van der Waals surface area contributed by atoms with Gasteiger partial charge in [0.05, 0.1) is 0 Å². The van der Waals surface area contributed by atoms with E-state index >= 15 is 0 Å². The van der Waals surface area contributed by atoms with E-state index in [1.807, 2.05) is 0 Å². The van der Waals surface area contributed by atoms with Crippen LogP contribution in [0.2, 0.25) is 0 Å². The quantitative estimate of drug-likeness (QED) is 0.365. The summed E-state index contributed by atoms with van der Waals surface area (Å²) in [5.41, 5.74) is 7.32. The van der Waals surface area contributed by atoms with Gasteiger partial charge in [-0.2, -0.15) is 0 Å². The summed E-state index contributed by atoms with van der Waals surface area (Å²) in [4.78, 5) is 5.41. The van der Waals surface area contributed by atoms with Crippen LogP contribution in [0.3, 0.4) is 0 Å². The van der Waals surface area contributed by atoms with E-state index in [9.17, 15) is 0 Å². The van der Waals surface area contributed by atoms with Crippen molar-refractivity contribution in [3.63, 3.8) is 0 Å². The van der Waals surface area contributed by atoms with Gasteiger partial charge in [-0.15, -0.1) is 0 Å². The van der Waals surface area contributed by atoms with Gasteiger partial charge in [0.2, 0.25) is 0 Å². The molecular weight excluding hydrogens is 388 g/mol. The lowest BCUT2D eigenvalue weighted by Gasteiger charge is -2.27. The Kier molecular flexibility index (Phi) is 5.65. The fourth-order valence-electron chi connectivity index (χ4n) is 5.29. The lowest BCUT2D eigenvalue weighted by atomic mass is 10.0. The average Bonchev–Trinajstić information content (AvgIpc) is 3.61. The van der Waals surface area contributed by atoms with Gasteiger partial charge in [0.1, 0.15) is 0 Å². The highest BCUT2D eigenvalue weighted by Crippen LogP contribution is 2.38. The molecule has 0 bridgehead atoms. The van der Waals surface area contributed by atoms with Crippen molar-refractivity contribution in [2.24, 2.45) is 23.7 Å². The van der Waals surface area contributed by atoms with E-state index in [2.05, 4.69) is 59.2 Å². The SMILES string of the molecule is Cc1cc(Cc2cccc(N(CC3CC3)CC3CC3)c2)ccc1N(CC1CC1)CC1CC1. The summed E-state index contributed by atoms with van der Waals surface area (Å²) < 4.78 is 0. The van der Waals surface area contributed by atoms with E-state index in [1.165, 1.54) is 106 Å². The molecule has 4 fully saturated rings. The van der Waals surface area contributed by atoms with E-state index in [0.29, 0.717) is 0 Å². The van der Waals surface area contributed by atoms with Crippen molar-refractivity contribution in [3.05, 3.63) is 59.2 Å². The molecular formula is C30H40N2. The third-order valence-corrected chi connectivity index (χ3v) is 7.99. The molecule has 0 saturated heterocycles. The van der Waals surface area contributed by atoms with Crippen LogP contribution in [0.15, 0.2) is 42.5 Å². The van der Waals surface area contributed by atoms with Gasteiger partial charge in [-0.3, -0.25) is 0 Å². The van der Waals surface area contributed by atoms with Crippen molar-refractivity contribution >= 4 is 11.4 Å². The first-order valence-corrected chi connectivity index (χ1v) is 13.4. The molecule has 0 amide bonds. The van der Waals surface area contributed by atoms with E-state index < -0.39 is 0 Å². The van der Waals surface area contributed by atoms with Gasteiger partial charge in [-0.25, -0.2) is 0 Å². The third-order valence-electron chi connectivity index (χ3n) is 7.99. The zero-order valence-electron chi connectivity index (χ0n) is 19.9. The van der Waals surface area contributed by atoms with Gasteiger partial charge < -0.3 is 9.80 Å². The fraction of sp³-hybridized carbons (Fsp3) is 0.600. The minimum absolute atomic E-state index is 0.946. The largest absolute Gasteiger partial charge is 0.371 e. The Labute approximate surface area is 195 Å². The Morgan fingerprint density at radius 1 is 0.625 bits per heavy atom. The first kappa shape index (κ1) is 20.6. The van der Waals surface area contributed by atoms with E-state index in [-0.39, 0.29) is 0 Å². The molecule has 2 aromatic rings. The first-order valence-electron chi connectivity index (χ1n) is 13.4. The Morgan fingerprint density at radius 3 is 1.69 bits per heavy atom. The van der Waals surface area contributed by atoms with Gasteiger partial charge in [0, 0.05) is 37.6 Å². The number of anilines is 2. The van der Waals surface area contributed by atoms with Crippen LogP contribution in [0.1, 0.15) is 68.1 Å². The predicted molar refractivity (Wildman–Crippen MR) is 136 cm³/mol. The summed E-state index contributed by atoms with van der Waals surface area (Å²) in [5.74, 6) is 3.79. The number of aryl methyl sites for hydroxylation is 1. The van der Waals surface area contributed by atoms with Crippen molar-refractivity contribution in [1.29, 1.82) is 0 Å². The highest BCUT2D eigenvalue weighted by atomic mass is 15.1. The molecule has 0 spiro atoms. The van der Waals surface area contributed by atoms with Crippen LogP contribution in [0.25, 0.3) is 0 Å². The predicted octanol–water partition coefficient (Wildman–Crippen LogP) is 6.84. The first-order chi connectivity index (χ1) is 15.7. The summed E-state index contributed by atoms with van der Waals surface area (Å²) in [5, 5.41) is 0. The monoisotopic (exact) mass is 428 g/mol. The maximum Gasteiger partial charge on any atom is 0.0396 e. The molecule has 170 valence electrons. The molecule has 6 rings (SSSR count). The second-order valence-electron chi connectivity index (χ2n) is 11.6. The smallest absolute Gasteiger partial charge is 0.0396 e. The maximum atomic E-state index is 2.71. The summed E-state index contributed by atoms with van der Waals surface area (Å²) in [7, 11) is 0. The molecule has 4 aliphatic carbocycles. The van der Waals surface area contributed by atoms with E-state index in [1.54, 1.807) is 0 Å². The topological polar surface area (TPSA) is 6.48 Å². The molecule has 0 atom stereocenters. The Hall–Kier alpha value is -1.96. The molecule has 0 radical (unpaired) electrons. The van der Waals surface area contributed by atoms with Gasteiger partial charge in [-0.1, -0.05) is 24.3 Å². The number of rotatable bonds is 12. The number of benzene rings is 2. The van der Waals surface area contributed by atoms with Crippen LogP contribution in [0.4, 0.5) is 11.4 Å². The van der Waals surface area contributed by atoms with Gasteiger partial charge in [0.25, 0.3) is 0 Å². The molecule has 4 aliphatic rings. The highest BCUT2D eigenvalue weighted by molar-refractivity contribution is 5.56. The van der Waals surface area contributed by atoms with Crippen LogP contribution in [-0.4, -0.2) is 26.2 Å². The zero-order chi connectivity index (χ0) is 21.5. The molecule has 2 nitrogen and oxygen atoms in total. The molecule has 0 unspecified atom stereocenters. The molecule has 2 heteroatoms. The van der Waals surface area contributed by atoms with E-state index in [4.69, 9.17) is 0 Å². The van der Waals surface area contributed by atoms with Crippen molar-refractivity contribution in [2.45, 2.75) is 64.7 Å². The summed E-state index contributed by atoms with van der Waals surface area (Å²) in [6, 6.07) is 16.7. The summed E-state index contributed by atoms with van der Waals surface area (Å²) in [6.45, 7) is 7.42. The minimum atomic E-state index is 0.946. The zero-order valence-corrected chi connectivity index (χ0v) is 19.9. The molecule has 0 heterocycles. The lowest BCUT2D eigenvalue weighted by molar-refractivity contribution is 0.678. The molecule has 2 aromatic carbocycles. The van der Waals surface area contributed by atoms with Crippen LogP contribution >= 0.6 is 0 Å². The van der Waals surface area contributed by atoms with Crippen molar-refractivity contribution in [3.8, 4) is 0 Å². The van der Waals surface area contributed by atoms with Gasteiger partial charge >= 0.3 is 0 Å². The van der Waals surface area contributed by atoms with Crippen molar-refractivity contribution < 1.29 is 0 Å². The molecule has 0 N–H and O–H groups in total. The third kappa shape index (κ3) is 5.50. The molecule has 32 heavy (non-hydrogen) atoms. The van der Waals surface area contributed by atoms with Crippen molar-refractivity contribution in [2.75, 3.05) is 36.0 Å². The summed E-state index contributed by atoms with van der Waals surface area (Å²) >= 11 is 0. The van der Waals surface area contributed by atoms with E-state index in [0.717, 1.165) is 30.1 Å². The Bertz CT molecular complexity index is 906. The van der Waals surface area contributed by atoms with Crippen molar-refractivity contribution in [1.82, 2.24) is 0 Å². The summed E-state index contributed by atoms with van der Waals surface area (Å²) in [6.07, 6.45) is 12.5. The second-order valence-corrected chi connectivity index (χ2v) is 11.6. The molecule has 0 aliphatic heterocycles. The van der Waals surface area contributed by atoms with Crippen LogP contribution in [0.5, 0.6) is 0 Å². The highest BCUT2D eigenvalue weighted by Gasteiger charge is 2.30. The van der Waals surface area contributed by atoms with Crippen LogP contribution in [-0.2, 0) is 6.42 Å². The molecule has 0 aromatic heterocycles. The Morgan fingerprint density at radius 2 is 1.16 bits per heavy atom.